The van der Waals surface area contributed by atoms with Gasteiger partial charge in [0.1, 0.15) is 11.8 Å². The largest absolute Gasteiger partial charge is 0.496 e. The van der Waals surface area contributed by atoms with Gasteiger partial charge in [-0.3, -0.25) is 4.79 Å². The van der Waals surface area contributed by atoms with Crippen molar-refractivity contribution >= 4 is 11.7 Å². The third-order valence-electron chi connectivity index (χ3n) is 4.31. The zero-order valence-corrected chi connectivity index (χ0v) is 14.3. The molecule has 1 aliphatic rings. The Morgan fingerprint density at radius 2 is 1.92 bits per heavy atom. The maximum absolute atomic E-state index is 12.7. The summed E-state index contributed by atoms with van der Waals surface area (Å²) in [4.78, 5) is 24.8. The fourth-order valence-electron chi connectivity index (χ4n) is 2.90. The number of carbonyl (C=O) groups excluding carboxylic acids is 1. The van der Waals surface area contributed by atoms with Crippen LogP contribution in [0, 0.1) is 18.3 Å². The molecule has 0 unspecified atom stereocenters. The van der Waals surface area contributed by atoms with Crippen LogP contribution in [0.1, 0.15) is 21.6 Å². The average Bonchev–Trinajstić information content (AvgIpc) is 2.68. The molecule has 3 rings (SSSR count). The van der Waals surface area contributed by atoms with E-state index < -0.39 is 0 Å². The van der Waals surface area contributed by atoms with Crippen molar-refractivity contribution in [3.8, 4) is 11.8 Å². The third-order valence-corrected chi connectivity index (χ3v) is 4.31. The van der Waals surface area contributed by atoms with E-state index in [0.29, 0.717) is 49.0 Å². The van der Waals surface area contributed by atoms with Crippen LogP contribution in [0.2, 0.25) is 0 Å². The number of carbonyl (C=O) groups is 1. The number of nitriles is 1. The highest BCUT2D eigenvalue weighted by atomic mass is 16.5. The number of nitrogens with zero attached hydrogens (tertiary/aromatic N) is 5. The molecule has 0 aliphatic carbocycles. The number of aromatic nitrogens is 2. The molecule has 0 saturated carbocycles. The molecule has 25 heavy (non-hydrogen) atoms. The molecule has 1 fully saturated rings. The second-order valence-electron chi connectivity index (χ2n) is 5.80. The molecule has 1 aromatic heterocycles. The number of piperazine rings is 1. The molecule has 0 atom stereocenters. The molecule has 7 heteroatoms. The molecule has 1 amide bonds. The van der Waals surface area contributed by atoms with Crippen LogP contribution in [0.3, 0.4) is 0 Å². The summed E-state index contributed by atoms with van der Waals surface area (Å²) in [5.41, 5.74) is 1.93. The fraction of sp³-hybridized carbons (Fsp3) is 0.333. The van der Waals surface area contributed by atoms with Gasteiger partial charge in [-0.2, -0.15) is 5.26 Å². The molecule has 1 aliphatic heterocycles. The lowest BCUT2D eigenvalue weighted by Gasteiger charge is -2.35. The van der Waals surface area contributed by atoms with Gasteiger partial charge in [0.05, 0.1) is 7.11 Å². The van der Waals surface area contributed by atoms with Crippen molar-refractivity contribution in [1.29, 1.82) is 5.26 Å². The summed E-state index contributed by atoms with van der Waals surface area (Å²) in [6, 6.07) is 7.55. The van der Waals surface area contributed by atoms with Crippen molar-refractivity contribution in [2.24, 2.45) is 0 Å². The molecule has 0 spiro atoms. The van der Waals surface area contributed by atoms with E-state index in [2.05, 4.69) is 16.0 Å². The Labute approximate surface area is 146 Å². The first kappa shape index (κ1) is 16.7. The molecule has 1 aromatic carbocycles. The summed E-state index contributed by atoms with van der Waals surface area (Å²) in [7, 11) is 1.60. The first-order chi connectivity index (χ1) is 12.1. The topological polar surface area (TPSA) is 82.3 Å². The number of ether oxygens (including phenoxy) is 1. The monoisotopic (exact) mass is 337 g/mol. The molecule has 7 nitrogen and oxygen atoms in total. The lowest BCUT2D eigenvalue weighted by Crippen LogP contribution is -2.49. The molecular weight excluding hydrogens is 318 g/mol. The third kappa shape index (κ3) is 3.38. The van der Waals surface area contributed by atoms with Gasteiger partial charge < -0.3 is 14.5 Å². The van der Waals surface area contributed by atoms with E-state index in [1.165, 1.54) is 6.20 Å². The lowest BCUT2D eigenvalue weighted by molar-refractivity contribution is 0.0746. The van der Waals surface area contributed by atoms with E-state index in [0.717, 1.165) is 5.56 Å². The fourth-order valence-corrected chi connectivity index (χ4v) is 2.90. The first-order valence-corrected chi connectivity index (χ1v) is 8.04. The smallest absolute Gasteiger partial charge is 0.254 e. The maximum Gasteiger partial charge on any atom is 0.254 e. The number of amides is 1. The second kappa shape index (κ2) is 7.18. The Balaban J connectivity index is 1.70. The summed E-state index contributed by atoms with van der Waals surface area (Å²) in [6.07, 6.45) is 3.08. The average molecular weight is 337 g/mol. The van der Waals surface area contributed by atoms with Crippen LogP contribution < -0.4 is 9.64 Å². The standard InChI is InChI=1S/C18H19N5O2/c1-13-3-4-14(11-16(13)25-2)18(24)23-9-7-22(8-10-23)17-15(12-19)20-5-6-21-17/h3-6,11H,7-10H2,1-2H3. The normalized spacial score (nSPS) is 14.1. The van der Waals surface area contributed by atoms with Crippen LogP contribution in [0.5, 0.6) is 5.75 Å². The van der Waals surface area contributed by atoms with Gasteiger partial charge in [-0.15, -0.1) is 0 Å². The Morgan fingerprint density at radius 3 is 2.60 bits per heavy atom. The van der Waals surface area contributed by atoms with Gasteiger partial charge in [0, 0.05) is 44.1 Å². The predicted octanol–water partition coefficient (Wildman–Crippen LogP) is 1.63. The van der Waals surface area contributed by atoms with Crippen molar-refractivity contribution < 1.29 is 9.53 Å². The number of methoxy groups -OCH3 is 1. The van der Waals surface area contributed by atoms with E-state index in [9.17, 15) is 4.79 Å². The Bertz CT molecular complexity index is 822. The van der Waals surface area contributed by atoms with Gasteiger partial charge in [-0.1, -0.05) is 6.07 Å². The van der Waals surface area contributed by atoms with Gasteiger partial charge in [-0.25, -0.2) is 9.97 Å². The van der Waals surface area contributed by atoms with Crippen LogP contribution in [0.15, 0.2) is 30.6 Å². The van der Waals surface area contributed by atoms with E-state index in [1.54, 1.807) is 19.4 Å². The Hall–Kier alpha value is -3.14. The summed E-state index contributed by atoms with van der Waals surface area (Å²) in [5.74, 6) is 1.27. The minimum Gasteiger partial charge on any atom is -0.496 e. The zero-order chi connectivity index (χ0) is 17.8. The highest BCUT2D eigenvalue weighted by Gasteiger charge is 2.24. The highest BCUT2D eigenvalue weighted by molar-refractivity contribution is 5.95. The number of anilines is 1. The van der Waals surface area contributed by atoms with Crippen LogP contribution in [0.25, 0.3) is 0 Å². The van der Waals surface area contributed by atoms with Crippen molar-refractivity contribution in [1.82, 2.24) is 14.9 Å². The number of rotatable bonds is 3. The van der Waals surface area contributed by atoms with Gasteiger partial charge in [0.2, 0.25) is 0 Å². The second-order valence-corrected chi connectivity index (χ2v) is 5.80. The first-order valence-electron chi connectivity index (χ1n) is 8.04. The van der Waals surface area contributed by atoms with Crippen molar-refractivity contribution in [3.63, 3.8) is 0 Å². The molecule has 128 valence electrons. The number of aryl methyl sites for hydroxylation is 1. The van der Waals surface area contributed by atoms with Gasteiger partial charge in [0.25, 0.3) is 5.91 Å². The Morgan fingerprint density at radius 1 is 1.20 bits per heavy atom. The van der Waals surface area contributed by atoms with Crippen molar-refractivity contribution in [2.75, 3.05) is 38.2 Å². The minimum atomic E-state index is -0.0161. The summed E-state index contributed by atoms with van der Waals surface area (Å²) >= 11 is 0. The molecule has 0 radical (unpaired) electrons. The molecular formula is C18H19N5O2. The predicted molar refractivity (Wildman–Crippen MR) is 92.6 cm³/mol. The van der Waals surface area contributed by atoms with Crippen LogP contribution in [0.4, 0.5) is 5.82 Å². The van der Waals surface area contributed by atoms with E-state index in [1.807, 2.05) is 28.9 Å². The summed E-state index contributed by atoms with van der Waals surface area (Å²) < 4.78 is 5.30. The minimum absolute atomic E-state index is 0.0161. The summed E-state index contributed by atoms with van der Waals surface area (Å²) in [6.45, 7) is 4.30. The highest BCUT2D eigenvalue weighted by Crippen LogP contribution is 2.21. The quantitative estimate of drug-likeness (QED) is 0.846. The van der Waals surface area contributed by atoms with Crippen LogP contribution in [-0.4, -0.2) is 54.1 Å². The zero-order valence-electron chi connectivity index (χ0n) is 14.3. The molecule has 0 bridgehead atoms. The lowest BCUT2D eigenvalue weighted by atomic mass is 10.1. The number of benzene rings is 1. The molecule has 2 heterocycles. The maximum atomic E-state index is 12.7. The number of hydrogen-bond donors (Lipinski definition) is 0. The van der Waals surface area contributed by atoms with Crippen LogP contribution >= 0.6 is 0 Å². The van der Waals surface area contributed by atoms with Crippen molar-refractivity contribution in [2.45, 2.75) is 6.92 Å². The SMILES string of the molecule is COc1cc(C(=O)N2CCN(c3nccnc3C#N)CC2)ccc1C. The molecule has 1 saturated heterocycles. The number of hydrogen-bond acceptors (Lipinski definition) is 6. The molecule has 0 N–H and O–H groups in total. The van der Waals surface area contributed by atoms with Gasteiger partial charge in [-0.05, 0) is 24.6 Å². The van der Waals surface area contributed by atoms with E-state index in [-0.39, 0.29) is 5.91 Å². The summed E-state index contributed by atoms with van der Waals surface area (Å²) in [5, 5.41) is 9.15. The van der Waals surface area contributed by atoms with Gasteiger partial charge >= 0.3 is 0 Å². The Kier molecular flexibility index (Phi) is 4.80. The van der Waals surface area contributed by atoms with E-state index in [4.69, 9.17) is 10.00 Å². The van der Waals surface area contributed by atoms with Gasteiger partial charge in [0.15, 0.2) is 11.5 Å². The molecule has 2 aromatic rings. The van der Waals surface area contributed by atoms with Crippen LogP contribution in [-0.2, 0) is 0 Å². The van der Waals surface area contributed by atoms with Crippen molar-refractivity contribution in [3.05, 3.63) is 47.4 Å². The van der Waals surface area contributed by atoms with E-state index >= 15 is 0 Å².